The lowest BCUT2D eigenvalue weighted by Crippen LogP contribution is -2.48. The number of aromatic nitrogens is 4. The summed E-state index contributed by atoms with van der Waals surface area (Å²) >= 11 is 5.94. The molecule has 3 unspecified atom stereocenters. The summed E-state index contributed by atoms with van der Waals surface area (Å²) in [5, 5.41) is 14.1. The fourth-order valence-corrected chi connectivity index (χ4v) is 7.95. The fourth-order valence-electron chi connectivity index (χ4n) is 6.08. The van der Waals surface area contributed by atoms with Gasteiger partial charge < -0.3 is 20.2 Å². The summed E-state index contributed by atoms with van der Waals surface area (Å²) in [7, 11) is -1.08. The maximum Gasteiger partial charge on any atom is 0.227 e. The Hall–Kier alpha value is -2.04. The Morgan fingerprint density at radius 3 is 2.24 bits per heavy atom. The Kier molecular flexibility index (Phi) is 4.68. The van der Waals surface area contributed by atoms with Gasteiger partial charge in [-0.2, -0.15) is 4.98 Å². The van der Waals surface area contributed by atoms with E-state index in [1.165, 1.54) is 0 Å². The third-order valence-electron chi connectivity index (χ3n) is 8.46. The van der Waals surface area contributed by atoms with E-state index in [1.54, 1.807) is 12.4 Å². The van der Waals surface area contributed by atoms with Crippen molar-refractivity contribution in [2.45, 2.75) is 53.7 Å². The molecule has 7 rings (SSSR count). The minimum absolute atomic E-state index is 0.0648. The second-order valence-electron chi connectivity index (χ2n) is 10.7. The first-order valence-corrected chi connectivity index (χ1v) is 13.7. The van der Waals surface area contributed by atoms with Crippen LogP contribution in [0.5, 0.6) is 0 Å². The largest absolute Gasteiger partial charge is 0.394 e. The number of nitrogens with one attached hydrogen (secondary N) is 1. The van der Waals surface area contributed by atoms with E-state index in [4.69, 9.17) is 21.6 Å². The molecule has 2 aromatic heterocycles. The van der Waals surface area contributed by atoms with Crippen molar-refractivity contribution >= 4 is 40.1 Å². The Morgan fingerprint density at radius 1 is 1.03 bits per heavy atom. The predicted molar refractivity (Wildman–Crippen MR) is 130 cm³/mol. The first-order chi connectivity index (χ1) is 16.5. The first-order valence-electron chi connectivity index (χ1n) is 12.2. The molecule has 0 bridgehead atoms. The lowest BCUT2D eigenvalue weighted by Gasteiger charge is -2.41. The maximum atomic E-state index is 13.4. The van der Waals surface area contributed by atoms with Gasteiger partial charge in [-0.1, -0.05) is 11.6 Å². The lowest BCUT2D eigenvalue weighted by molar-refractivity contribution is 0.143. The van der Waals surface area contributed by atoms with E-state index < -0.39 is 10.8 Å². The van der Waals surface area contributed by atoms with Crippen molar-refractivity contribution in [2.75, 3.05) is 47.9 Å². The number of nitrogens with zero attached hydrogens (tertiary/aromatic N) is 6. The van der Waals surface area contributed by atoms with Crippen molar-refractivity contribution in [1.82, 2.24) is 19.9 Å². The Labute approximate surface area is 205 Å². The van der Waals surface area contributed by atoms with Crippen LogP contribution < -0.4 is 15.1 Å². The molecular formula is C23H28ClN7O2S. The van der Waals surface area contributed by atoms with E-state index in [0.717, 1.165) is 87.2 Å². The fraction of sp³-hybridized carbons (Fsp3) is 0.652. The molecule has 34 heavy (non-hydrogen) atoms. The molecular weight excluding hydrogens is 474 g/mol. The number of halogens is 1. The summed E-state index contributed by atoms with van der Waals surface area (Å²) in [6.07, 6.45) is 8.96. The van der Waals surface area contributed by atoms with Gasteiger partial charge in [0, 0.05) is 44.4 Å². The highest BCUT2D eigenvalue weighted by atomic mass is 35.5. The van der Waals surface area contributed by atoms with Crippen molar-refractivity contribution in [3.8, 4) is 0 Å². The van der Waals surface area contributed by atoms with Gasteiger partial charge in [-0.3, -0.25) is 4.21 Å². The molecule has 0 radical (unpaired) electrons. The highest BCUT2D eigenvalue weighted by molar-refractivity contribution is 7.87. The molecule has 4 fully saturated rings. The normalized spacial score (nSPS) is 29.8. The molecule has 2 saturated heterocycles. The summed E-state index contributed by atoms with van der Waals surface area (Å²) in [6.45, 7) is 3.63. The SMILES string of the molecule is O=S1c2c(nc(N3CC4CN(c5ncc(Cl)cn5)CC4C3)nc2NC2(CO)CCC2)CC12CC2. The topological polar surface area (TPSA) is 107 Å². The van der Waals surface area contributed by atoms with Crippen LogP contribution in [0.15, 0.2) is 17.3 Å². The van der Waals surface area contributed by atoms with Crippen LogP contribution in [-0.2, 0) is 17.2 Å². The van der Waals surface area contributed by atoms with Gasteiger partial charge in [0.15, 0.2) is 0 Å². The number of fused-ring (bicyclic) bond motifs is 2. The van der Waals surface area contributed by atoms with E-state index in [9.17, 15) is 9.32 Å². The van der Waals surface area contributed by atoms with Gasteiger partial charge in [0.05, 0.1) is 50.8 Å². The van der Waals surface area contributed by atoms with E-state index in [2.05, 4.69) is 25.1 Å². The summed E-state index contributed by atoms with van der Waals surface area (Å²) < 4.78 is 13.2. The molecule has 1 spiro atoms. The molecule has 3 aliphatic heterocycles. The van der Waals surface area contributed by atoms with Crippen LogP contribution in [0.4, 0.5) is 17.7 Å². The molecule has 2 N–H and O–H groups in total. The van der Waals surface area contributed by atoms with E-state index in [1.807, 2.05) is 0 Å². The minimum atomic E-state index is -1.08. The van der Waals surface area contributed by atoms with E-state index >= 15 is 0 Å². The lowest BCUT2D eigenvalue weighted by atomic mass is 9.77. The smallest absolute Gasteiger partial charge is 0.227 e. The van der Waals surface area contributed by atoms with Gasteiger partial charge in [0.1, 0.15) is 10.7 Å². The minimum Gasteiger partial charge on any atom is -0.394 e. The van der Waals surface area contributed by atoms with E-state index in [-0.39, 0.29) is 16.9 Å². The van der Waals surface area contributed by atoms with Crippen LogP contribution in [0.2, 0.25) is 5.02 Å². The summed E-state index contributed by atoms with van der Waals surface area (Å²) in [4.78, 5) is 24.0. The van der Waals surface area contributed by atoms with Crippen LogP contribution in [0.3, 0.4) is 0 Å². The zero-order valence-corrected chi connectivity index (χ0v) is 20.5. The van der Waals surface area contributed by atoms with Gasteiger partial charge in [-0.15, -0.1) is 0 Å². The van der Waals surface area contributed by atoms with Crippen LogP contribution >= 0.6 is 11.6 Å². The van der Waals surface area contributed by atoms with Crippen LogP contribution in [0.25, 0.3) is 0 Å². The average Bonchev–Trinajstić information content (AvgIpc) is 3.17. The molecule has 2 saturated carbocycles. The Balaban J connectivity index is 1.15. The van der Waals surface area contributed by atoms with Gasteiger partial charge in [-0.25, -0.2) is 15.0 Å². The average molecular weight is 502 g/mol. The first kappa shape index (κ1) is 21.3. The second kappa shape index (κ2) is 7.48. The zero-order chi connectivity index (χ0) is 23.1. The molecule has 5 heterocycles. The Bertz CT molecular complexity index is 1150. The van der Waals surface area contributed by atoms with Crippen molar-refractivity contribution in [3.63, 3.8) is 0 Å². The number of anilines is 3. The van der Waals surface area contributed by atoms with Crippen LogP contribution in [-0.4, -0.2) is 72.3 Å². The number of hydrogen-bond donors (Lipinski definition) is 2. The predicted octanol–water partition coefficient (Wildman–Crippen LogP) is 2.02. The van der Waals surface area contributed by atoms with Gasteiger partial charge in [0.25, 0.3) is 0 Å². The molecule has 0 amide bonds. The van der Waals surface area contributed by atoms with Gasteiger partial charge in [0.2, 0.25) is 11.9 Å². The monoisotopic (exact) mass is 501 g/mol. The number of aliphatic hydroxyl groups excluding tert-OH is 1. The molecule has 11 heteroatoms. The molecule has 5 aliphatic rings. The molecule has 0 aromatic carbocycles. The Morgan fingerprint density at radius 2 is 1.68 bits per heavy atom. The number of rotatable bonds is 5. The van der Waals surface area contributed by atoms with Crippen molar-refractivity contribution in [1.29, 1.82) is 0 Å². The summed E-state index contributed by atoms with van der Waals surface area (Å²) in [6, 6.07) is 0. The standard InChI is InChI=1S/C23H28ClN7O2S/c24-16-7-25-20(26-8-16)30-9-14-11-31(12-15(14)10-30)21-27-17-6-23(4-5-23)34(33)18(17)19(28-21)29-22(13-32)2-1-3-22/h7-8,14-15,32H,1-6,9-13H2,(H,27,28,29). The highest BCUT2D eigenvalue weighted by Crippen LogP contribution is 2.54. The highest BCUT2D eigenvalue weighted by Gasteiger charge is 2.56. The van der Waals surface area contributed by atoms with Crippen LogP contribution in [0, 0.1) is 11.8 Å². The molecule has 180 valence electrons. The third-order valence-corrected chi connectivity index (χ3v) is 10.8. The van der Waals surface area contributed by atoms with Gasteiger partial charge >= 0.3 is 0 Å². The molecule has 2 aromatic rings. The third kappa shape index (κ3) is 3.25. The molecule has 9 nitrogen and oxygen atoms in total. The van der Waals surface area contributed by atoms with E-state index in [0.29, 0.717) is 22.7 Å². The number of aliphatic hydroxyl groups is 1. The summed E-state index contributed by atoms with van der Waals surface area (Å²) in [5.41, 5.74) is 0.591. The van der Waals surface area contributed by atoms with Crippen molar-refractivity contribution in [3.05, 3.63) is 23.1 Å². The number of hydrogen-bond acceptors (Lipinski definition) is 9. The molecule has 3 atom stereocenters. The van der Waals surface area contributed by atoms with Crippen molar-refractivity contribution in [2.24, 2.45) is 11.8 Å². The summed E-state index contributed by atoms with van der Waals surface area (Å²) in [5.74, 6) is 3.13. The van der Waals surface area contributed by atoms with Crippen molar-refractivity contribution < 1.29 is 9.32 Å². The van der Waals surface area contributed by atoms with Crippen LogP contribution in [0.1, 0.15) is 37.8 Å². The zero-order valence-electron chi connectivity index (χ0n) is 18.9. The maximum absolute atomic E-state index is 13.4. The molecule has 2 aliphatic carbocycles. The second-order valence-corrected chi connectivity index (χ2v) is 13.0. The quantitative estimate of drug-likeness (QED) is 0.636. The van der Waals surface area contributed by atoms with Gasteiger partial charge in [-0.05, 0) is 32.1 Å².